The molecule has 1 saturated heterocycles. The number of rotatable bonds is 20. The van der Waals surface area contributed by atoms with Crippen LogP contribution in [-0.2, 0) is 315 Å². The van der Waals surface area contributed by atoms with Crippen LogP contribution in [0.4, 0.5) is 0 Å². The molecule has 10 atom stereocenters. The van der Waals surface area contributed by atoms with E-state index >= 15 is 0 Å². The van der Waals surface area contributed by atoms with Gasteiger partial charge in [-0.2, -0.15) is 4.89 Å². The number of hydrogen-bond acceptors (Lipinski definition) is 18. The van der Waals surface area contributed by atoms with Crippen LogP contribution in [0.1, 0.15) is 20.3 Å². The normalized spacial score (nSPS) is 28.5. The number of ether oxygens (including phenoxy) is 9. The van der Waals surface area contributed by atoms with Gasteiger partial charge < -0.3 is 81.1 Å². The minimum atomic E-state index is -1.81. The van der Waals surface area contributed by atoms with Gasteiger partial charge in [0.05, 0.1) is 18.3 Å². The number of carbonyl (C=O) groups excluding carboxylic acids is 7. The summed E-state index contributed by atoms with van der Waals surface area (Å²) >= 11 is 0. The Labute approximate surface area is 445 Å². The van der Waals surface area contributed by atoms with Crippen LogP contribution in [0.15, 0.2) is 0 Å². The standard InChI is InChI=1S/C22H21O18.7Y/c1-12(2)37-21-19(35-10-28)18(34-9-27)20(22(39-21)40-36-11-29)38-14-5-13(30-4-3-23)15(31-6-24)17(33-8-26)16(14)32-7-25;;;;;;;/h12-22H,4-5H2,1-2H3;;;;;;;/q-7;;;;;;;/t13-,14-,15+,16-,17-,18+,19+,20-,21?,22+;;;;;;;/m0......./s1. The number of hydrogen-bond donors (Lipinski definition) is 0. The van der Waals surface area contributed by atoms with Crippen LogP contribution in [0.5, 0.6) is 0 Å². The molecule has 1 aliphatic heterocycles. The molecule has 245 valence electrons. The van der Waals surface area contributed by atoms with E-state index in [1.165, 1.54) is 6.29 Å². The summed E-state index contributed by atoms with van der Waals surface area (Å²) in [4.78, 5) is 86.2. The van der Waals surface area contributed by atoms with E-state index in [2.05, 4.69) is 4.89 Å². The van der Waals surface area contributed by atoms with Crippen LogP contribution in [0.3, 0.4) is 0 Å². The molecule has 0 aromatic carbocycles. The van der Waals surface area contributed by atoms with Gasteiger partial charge in [-0.25, -0.2) is 6.29 Å². The molecule has 0 aromatic heterocycles. The van der Waals surface area contributed by atoms with Gasteiger partial charge in [0.2, 0.25) is 6.29 Å². The van der Waals surface area contributed by atoms with Crippen LogP contribution in [0.25, 0.3) is 0 Å². The van der Waals surface area contributed by atoms with Crippen LogP contribution in [-0.4, -0.2) is 119 Å². The Bertz CT molecular complexity index is 865. The fourth-order valence-electron chi connectivity index (χ4n) is 4.15. The first-order valence-corrected chi connectivity index (χ1v) is 11.2. The van der Waals surface area contributed by atoms with Gasteiger partial charge in [0, 0.05) is 235 Å². The summed E-state index contributed by atoms with van der Waals surface area (Å²) in [6, 6.07) is 0. The molecule has 7 radical (unpaired) electrons. The van der Waals surface area contributed by atoms with Gasteiger partial charge in [-0.05, 0) is 26.9 Å². The average Bonchev–Trinajstić information content (AvgIpc) is 2.92. The molecule has 1 aliphatic carbocycles. The van der Waals surface area contributed by atoms with Crippen molar-refractivity contribution in [3.63, 3.8) is 0 Å². The molecule has 47 heavy (non-hydrogen) atoms. The summed E-state index contributed by atoms with van der Waals surface area (Å²) in [5, 5.41) is 0. The minimum absolute atomic E-state index is 0. The van der Waals surface area contributed by atoms with Crippen molar-refractivity contribution >= 4 is 45.1 Å². The van der Waals surface area contributed by atoms with Gasteiger partial charge in [-0.3, -0.25) is 0 Å². The predicted octanol–water partition coefficient (Wildman–Crippen LogP) is -2.99. The monoisotopic (exact) mass is 1200 g/mol. The average molecular weight is 1200 g/mol. The molecule has 1 heterocycles. The van der Waals surface area contributed by atoms with Crippen molar-refractivity contribution in [2.45, 2.75) is 87.8 Å². The van der Waals surface area contributed by atoms with E-state index in [0.717, 1.165) is 38.8 Å². The molecule has 2 fully saturated rings. The smallest absolute Gasteiger partial charge is 0.231 e. The molecular weight excluding hydrogens is 1170 g/mol. The summed E-state index contributed by atoms with van der Waals surface area (Å²) in [7, 11) is 0. The minimum Gasteiger partial charge on any atom is -0.646 e. The first-order valence-electron chi connectivity index (χ1n) is 11.2. The van der Waals surface area contributed by atoms with Crippen molar-refractivity contribution in [2.75, 3.05) is 6.61 Å². The molecule has 1 unspecified atom stereocenters. The molecule has 0 N–H and O–H groups in total. The second-order valence-corrected chi connectivity index (χ2v) is 8.02. The Balaban J connectivity index is -0.000000600. The largest absolute Gasteiger partial charge is 0.646 e. The zero-order chi connectivity index (χ0) is 29.5. The van der Waals surface area contributed by atoms with Crippen molar-refractivity contribution in [2.24, 2.45) is 0 Å². The van der Waals surface area contributed by atoms with Gasteiger partial charge in [-0.15, -0.1) is 0 Å². The van der Waals surface area contributed by atoms with E-state index in [-0.39, 0.29) is 229 Å². The molecule has 25 heteroatoms. The third kappa shape index (κ3) is 20.5. The van der Waals surface area contributed by atoms with E-state index in [9.17, 15) is 33.6 Å². The van der Waals surface area contributed by atoms with E-state index in [1.807, 2.05) is 0 Å². The van der Waals surface area contributed by atoms with E-state index in [1.54, 1.807) is 13.8 Å². The maximum atomic E-state index is 11.3. The van der Waals surface area contributed by atoms with Gasteiger partial charge in [0.1, 0.15) is 30.5 Å². The van der Waals surface area contributed by atoms with Crippen molar-refractivity contribution in [1.29, 1.82) is 0 Å². The molecule has 2 aliphatic rings. The van der Waals surface area contributed by atoms with Crippen molar-refractivity contribution < 1.29 is 315 Å². The van der Waals surface area contributed by atoms with E-state index < -0.39 is 80.5 Å². The van der Waals surface area contributed by atoms with Crippen LogP contribution >= 0.6 is 0 Å². The fraction of sp³-hybridized carbons (Fsp3) is 0.682. The Morgan fingerprint density at radius 3 is 1.47 bits per heavy atom. The van der Waals surface area contributed by atoms with Gasteiger partial charge in [-0.1, -0.05) is 32.4 Å². The maximum Gasteiger partial charge on any atom is 0.231 e. The zero-order valence-electron chi connectivity index (χ0n) is 24.7. The molecule has 0 aromatic rings. The van der Waals surface area contributed by atoms with Gasteiger partial charge >= 0.3 is 0 Å². The van der Waals surface area contributed by atoms with E-state index in [4.69, 9.17) is 47.5 Å². The van der Waals surface area contributed by atoms with Crippen LogP contribution in [0.2, 0.25) is 0 Å². The molecule has 2 rings (SSSR count). The fourth-order valence-corrected chi connectivity index (χ4v) is 4.15. The zero-order valence-corrected chi connectivity index (χ0v) is 44.5. The molecule has 0 spiro atoms. The summed E-state index contributed by atoms with van der Waals surface area (Å²) in [6.45, 7) is 9.15. The Kier molecular flexibility index (Phi) is 49.5. The molecular formula is C22H21O18Y7-7. The summed E-state index contributed by atoms with van der Waals surface area (Å²) < 4.78 is 46.7. The molecule has 18 nitrogen and oxygen atoms in total. The predicted molar refractivity (Wildman–Crippen MR) is 114 cm³/mol. The topological polar surface area (TPSA) is 221 Å². The third-order valence-electron chi connectivity index (χ3n) is 5.49. The summed E-state index contributed by atoms with van der Waals surface area (Å²) in [6.07, 6.45) is -15.4. The third-order valence-corrected chi connectivity index (χ3v) is 5.49. The quantitative estimate of drug-likeness (QED) is 0.0514. The Morgan fingerprint density at radius 1 is 0.574 bits per heavy atom. The second-order valence-electron chi connectivity index (χ2n) is 8.02. The van der Waals surface area contributed by atoms with Crippen LogP contribution < -0.4 is 0 Å². The van der Waals surface area contributed by atoms with Crippen molar-refractivity contribution in [1.82, 2.24) is 0 Å². The Hall–Kier alpha value is 4.02. The van der Waals surface area contributed by atoms with Crippen molar-refractivity contribution in [3.8, 4) is 0 Å². The maximum absolute atomic E-state index is 11.3. The summed E-state index contributed by atoms with van der Waals surface area (Å²) in [5.74, 6) is 0. The molecule has 1 saturated carbocycles. The van der Waals surface area contributed by atoms with Gasteiger partial charge in [0.15, 0.2) is 12.4 Å². The van der Waals surface area contributed by atoms with Crippen molar-refractivity contribution in [3.05, 3.63) is 0 Å². The first kappa shape index (κ1) is 63.0. The molecule has 0 bridgehead atoms. The summed E-state index contributed by atoms with van der Waals surface area (Å²) in [5.41, 5.74) is 0. The first-order chi connectivity index (χ1) is 19.4. The SMILES string of the molecule is CC(C)OC1O[C@H](OO[C-]=O)[C@@H](O[C@H]2C[C@H](OC[C-]=O)[C@@H](O[C-]=O)[C@H](O[C-]=O)[C@H]2O[C-]=O)[C@H](O[C-]=O)[C@H]1O[C-]=O.[Y].[Y].[Y].[Y].[Y].[Y].[Y]. The molecule has 0 amide bonds. The van der Waals surface area contributed by atoms with Crippen LogP contribution in [0, 0.1) is 0 Å². The van der Waals surface area contributed by atoms with E-state index in [0.29, 0.717) is 0 Å². The second kappa shape index (κ2) is 37.0. The van der Waals surface area contributed by atoms with Gasteiger partial charge in [0.25, 0.3) is 0 Å². The Morgan fingerprint density at radius 2 is 1.02 bits per heavy atom.